The molecule has 0 aliphatic heterocycles. The zero-order valence-corrected chi connectivity index (χ0v) is 15.5. The van der Waals surface area contributed by atoms with Crippen LogP contribution in [0.5, 0.6) is 0 Å². The van der Waals surface area contributed by atoms with Gasteiger partial charge in [-0.15, -0.1) is 0 Å². The Bertz CT molecular complexity index is 956. The number of carbonyl (C=O) groups excluding carboxylic acids is 2. The van der Waals surface area contributed by atoms with Gasteiger partial charge < -0.3 is 14.5 Å². The molecule has 0 atom stereocenters. The zero-order chi connectivity index (χ0) is 19.4. The minimum atomic E-state index is -0.582. The van der Waals surface area contributed by atoms with Gasteiger partial charge in [0.1, 0.15) is 0 Å². The van der Waals surface area contributed by atoms with E-state index in [2.05, 4.69) is 4.98 Å². The van der Waals surface area contributed by atoms with Crippen molar-refractivity contribution in [3.63, 3.8) is 0 Å². The first kappa shape index (κ1) is 18.5. The summed E-state index contributed by atoms with van der Waals surface area (Å²) in [7, 11) is 2.60. The highest BCUT2D eigenvalue weighted by Gasteiger charge is 2.29. The molecule has 0 spiro atoms. The maximum Gasteiger partial charge on any atom is 0.340 e. The molecule has 1 aromatic heterocycles. The van der Waals surface area contributed by atoms with Gasteiger partial charge in [-0.3, -0.25) is 0 Å². The van der Waals surface area contributed by atoms with E-state index in [4.69, 9.17) is 9.47 Å². The van der Waals surface area contributed by atoms with Gasteiger partial charge in [0.2, 0.25) is 0 Å². The highest BCUT2D eigenvalue weighted by atomic mass is 16.5. The maximum atomic E-state index is 12.5. The molecule has 138 valence electrons. The number of carbonyl (C=O) groups is 2. The normalized spacial score (nSPS) is 10.5. The van der Waals surface area contributed by atoms with Crippen LogP contribution in [0.2, 0.25) is 0 Å². The summed E-state index contributed by atoms with van der Waals surface area (Å²) in [4.78, 5) is 28.3. The zero-order valence-electron chi connectivity index (χ0n) is 15.5. The summed E-state index contributed by atoms with van der Waals surface area (Å²) in [6, 6.07) is 17.4. The summed E-state index contributed by atoms with van der Waals surface area (Å²) in [5, 5.41) is 0. The third-order valence-corrected chi connectivity index (χ3v) is 4.42. The molecule has 2 aromatic carbocycles. The maximum absolute atomic E-state index is 12.5. The number of benzene rings is 2. The molecule has 5 nitrogen and oxygen atoms in total. The highest BCUT2D eigenvalue weighted by molar-refractivity contribution is 6.08. The Balaban J connectivity index is 2.21. The molecule has 3 aromatic rings. The van der Waals surface area contributed by atoms with Crippen LogP contribution in [0.15, 0.2) is 54.6 Å². The molecule has 0 saturated heterocycles. The SMILES string of the molecule is COC(=O)c1c(Cc2ccccc2)[nH]c(-c2ccc(C)cc2)c1C(=O)OC. The monoisotopic (exact) mass is 363 g/mol. The number of aryl methyl sites for hydroxylation is 1. The van der Waals surface area contributed by atoms with Gasteiger partial charge in [0.25, 0.3) is 0 Å². The van der Waals surface area contributed by atoms with Crippen LogP contribution in [0, 0.1) is 6.92 Å². The fraction of sp³-hybridized carbons (Fsp3) is 0.182. The van der Waals surface area contributed by atoms with E-state index in [1.165, 1.54) is 14.2 Å². The smallest absolute Gasteiger partial charge is 0.340 e. The standard InChI is InChI=1S/C22H21NO4/c1-14-9-11-16(12-10-14)20-19(22(25)27-3)18(21(24)26-2)17(23-20)13-15-7-5-4-6-8-15/h4-12,23H,13H2,1-3H3. The first-order valence-electron chi connectivity index (χ1n) is 8.57. The number of nitrogens with one attached hydrogen (secondary N) is 1. The van der Waals surface area contributed by atoms with Crippen LogP contribution >= 0.6 is 0 Å². The molecule has 5 heteroatoms. The molecule has 0 aliphatic carbocycles. The molecular weight excluding hydrogens is 342 g/mol. The second kappa shape index (κ2) is 7.91. The quantitative estimate of drug-likeness (QED) is 0.691. The van der Waals surface area contributed by atoms with Gasteiger partial charge in [0, 0.05) is 12.1 Å². The Morgan fingerprint density at radius 2 is 1.44 bits per heavy atom. The topological polar surface area (TPSA) is 68.4 Å². The van der Waals surface area contributed by atoms with E-state index in [9.17, 15) is 9.59 Å². The van der Waals surface area contributed by atoms with E-state index in [0.717, 1.165) is 16.7 Å². The van der Waals surface area contributed by atoms with Crippen molar-refractivity contribution in [2.24, 2.45) is 0 Å². The fourth-order valence-corrected chi connectivity index (χ4v) is 3.05. The molecule has 0 unspecified atom stereocenters. The van der Waals surface area contributed by atoms with Gasteiger partial charge in [0.05, 0.1) is 31.0 Å². The van der Waals surface area contributed by atoms with Crippen LogP contribution < -0.4 is 0 Å². The van der Waals surface area contributed by atoms with Crippen molar-refractivity contribution < 1.29 is 19.1 Å². The minimum absolute atomic E-state index is 0.194. The second-order valence-electron chi connectivity index (χ2n) is 6.24. The first-order chi connectivity index (χ1) is 13.0. The summed E-state index contributed by atoms with van der Waals surface area (Å²) < 4.78 is 9.91. The Morgan fingerprint density at radius 1 is 0.852 bits per heavy atom. The second-order valence-corrected chi connectivity index (χ2v) is 6.24. The molecule has 3 rings (SSSR count). The van der Waals surface area contributed by atoms with Crippen LogP contribution in [0.4, 0.5) is 0 Å². The van der Waals surface area contributed by atoms with E-state index in [-0.39, 0.29) is 11.1 Å². The molecule has 0 bridgehead atoms. The molecule has 1 heterocycles. The summed E-state index contributed by atoms with van der Waals surface area (Å²) in [5.74, 6) is -1.16. The Kier molecular flexibility index (Phi) is 5.41. The molecule has 1 N–H and O–H groups in total. The summed E-state index contributed by atoms with van der Waals surface area (Å²) in [5.41, 5.74) is 4.48. The fourth-order valence-electron chi connectivity index (χ4n) is 3.05. The van der Waals surface area contributed by atoms with Crippen LogP contribution in [0.1, 0.15) is 37.5 Å². The van der Waals surface area contributed by atoms with Crippen LogP contribution in [0.3, 0.4) is 0 Å². The lowest BCUT2D eigenvalue weighted by Gasteiger charge is -2.06. The van der Waals surface area contributed by atoms with Gasteiger partial charge in [-0.2, -0.15) is 0 Å². The van der Waals surface area contributed by atoms with Gasteiger partial charge in [-0.1, -0.05) is 60.2 Å². The number of rotatable bonds is 5. The van der Waals surface area contributed by atoms with Crippen molar-refractivity contribution in [1.82, 2.24) is 4.98 Å². The van der Waals surface area contributed by atoms with Crippen molar-refractivity contribution in [2.75, 3.05) is 14.2 Å². The molecule has 0 amide bonds. The molecule has 0 fully saturated rings. The van der Waals surface area contributed by atoms with Crippen LogP contribution in [-0.4, -0.2) is 31.1 Å². The number of aromatic nitrogens is 1. The lowest BCUT2D eigenvalue weighted by molar-refractivity contribution is 0.0556. The predicted octanol–water partition coefficient (Wildman–Crippen LogP) is 4.15. The highest BCUT2D eigenvalue weighted by Crippen LogP contribution is 2.31. The van der Waals surface area contributed by atoms with Crippen molar-refractivity contribution in [3.05, 3.63) is 82.5 Å². The Labute approximate surface area is 157 Å². The van der Waals surface area contributed by atoms with Crippen LogP contribution in [0.25, 0.3) is 11.3 Å². The van der Waals surface area contributed by atoms with Gasteiger partial charge in [0.15, 0.2) is 0 Å². The van der Waals surface area contributed by atoms with Crippen molar-refractivity contribution in [2.45, 2.75) is 13.3 Å². The summed E-state index contributed by atoms with van der Waals surface area (Å²) >= 11 is 0. The largest absolute Gasteiger partial charge is 0.465 e. The average molecular weight is 363 g/mol. The summed E-state index contributed by atoms with van der Waals surface area (Å²) in [6.45, 7) is 1.99. The van der Waals surface area contributed by atoms with Crippen molar-refractivity contribution in [1.29, 1.82) is 0 Å². The van der Waals surface area contributed by atoms with Gasteiger partial charge in [-0.25, -0.2) is 9.59 Å². The number of aromatic amines is 1. The van der Waals surface area contributed by atoms with E-state index in [1.807, 2.05) is 61.5 Å². The van der Waals surface area contributed by atoms with Crippen molar-refractivity contribution >= 4 is 11.9 Å². The molecule has 0 radical (unpaired) electrons. The number of methoxy groups -OCH3 is 2. The van der Waals surface area contributed by atoms with Gasteiger partial charge >= 0.3 is 11.9 Å². The van der Waals surface area contributed by atoms with E-state index < -0.39 is 11.9 Å². The van der Waals surface area contributed by atoms with Gasteiger partial charge in [-0.05, 0) is 18.1 Å². The number of ether oxygens (including phenoxy) is 2. The molecular formula is C22H21NO4. The number of H-pyrrole nitrogens is 1. The summed E-state index contributed by atoms with van der Waals surface area (Å²) in [6.07, 6.45) is 0.459. The number of hydrogen-bond acceptors (Lipinski definition) is 4. The first-order valence-corrected chi connectivity index (χ1v) is 8.57. The Morgan fingerprint density at radius 3 is 2.04 bits per heavy atom. The number of hydrogen-bond donors (Lipinski definition) is 1. The predicted molar refractivity (Wildman–Crippen MR) is 103 cm³/mol. The third kappa shape index (κ3) is 3.77. The lowest BCUT2D eigenvalue weighted by Crippen LogP contribution is -2.12. The lowest BCUT2D eigenvalue weighted by atomic mass is 10.0. The number of esters is 2. The van der Waals surface area contributed by atoms with Crippen LogP contribution in [-0.2, 0) is 15.9 Å². The third-order valence-electron chi connectivity index (χ3n) is 4.42. The van der Waals surface area contributed by atoms with E-state index >= 15 is 0 Å². The molecule has 0 aliphatic rings. The minimum Gasteiger partial charge on any atom is -0.465 e. The van der Waals surface area contributed by atoms with E-state index in [0.29, 0.717) is 17.8 Å². The Hall–Kier alpha value is -3.34. The van der Waals surface area contributed by atoms with Crippen molar-refractivity contribution in [3.8, 4) is 11.3 Å². The average Bonchev–Trinajstić information content (AvgIpc) is 3.07. The molecule has 0 saturated carbocycles. The van der Waals surface area contributed by atoms with E-state index in [1.54, 1.807) is 0 Å². The molecule has 27 heavy (non-hydrogen) atoms.